The van der Waals surface area contributed by atoms with Crippen LogP contribution in [-0.4, -0.2) is 75.5 Å². The van der Waals surface area contributed by atoms with Crippen molar-refractivity contribution in [3.63, 3.8) is 0 Å². The molecule has 0 heterocycles. The molecule has 0 amide bonds. The number of rotatable bonds is 23. The Morgan fingerprint density at radius 3 is 2.03 bits per heavy atom. The highest BCUT2D eigenvalue weighted by Crippen LogP contribution is 2.11. The monoisotopic (exact) mass is 513 g/mol. The van der Waals surface area contributed by atoms with Gasteiger partial charge >= 0.3 is 11.9 Å². The molecule has 0 aliphatic rings. The molecule has 36 heavy (non-hydrogen) atoms. The second kappa shape index (κ2) is 21.2. The average molecular weight is 514 g/mol. The summed E-state index contributed by atoms with van der Waals surface area (Å²) >= 11 is 0. The van der Waals surface area contributed by atoms with Gasteiger partial charge in [0.05, 0.1) is 40.3 Å². The predicted octanol–water partition coefficient (Wildman–Crippen LogP) is 3.95. The van der Waals surface area contributed by atoms with E-state index in [0.717, 1.165) is 32.1 Å². The first-order chi connectivity index (χ1) is 17.1. The number of carbonyl (C=O) groups excluding carboxylic acids is 3. The number of carboxylic acids is 1. The van der Waals surface area contributed by atoms with Gasteiger partial charge in [0.1, 0.15) is 12.6 Å². The number of aliphatic carboxylic acids is 1. The Bertz CT molecular complexity index is 628. The molecule has 0 rings (SSSR count). The van der Waals surface area contributed by atoms with Crippen LogP contribution in [0.2, 0.25) is 0 Å². The first-order valence-corrected chi connectivity index (χ1v) is 13.7. The molecule has 0 aromatic carbocycles. The highest BCUT2D eigenvalue weighted by atomic mass is 16.6. The van der Waals surface area contributed by atoms with E-state index in [2.05, 4.69) is 19.1 Å². The molecule has 0 aliphatic carbocycles. The lowest BCUT2D eigenvalue weighted by molar-refractivity contribution is -0.889. The molecular formula is C28H51NO7. The van der Waals surface area contributed by atoms with E-state index in [1.807, 2.05) is 0 Å². The molecule has 0 aliphatic heterocycles. The van der Waals surface area contributed by atoms with Crippen molar-refractivity contribution in [1.82, 2.24) is 0 Å². The maximum Gasteiger partial charge on any atom is 0.306 e. The summed E-state index contributed by atoms with van der Waals surface area (Å²) in [4.78, 5) is 35.2. The van der Waals surface area contributed by atoms with Gasteiger partial charge in [0, 0.05) is 19.3 Å². The van der Waals surface area contributed by atoms with E-state index >= 15 is 0 Å². The summed E-state index contributed by atoms with van der Waals surface area (Å²) in [5.74, 6) is -1.86. The van der Waals surface area contributed by atoms with E-state index < -0.39 is 18.1 Å². The van der Waals surface area contributed by atoms with Crippen molar-refractivity contribution in [3.05, 3.63) is 12.2 Å². The molecule has 0 fully saturated rings. The highest BCUT2D eigenvalue weighted by molar-refractivity contribution is 5.70. The van der Waals surface area contributed by atoms with Crippen LogP contribution in [0.4, 0.5) is 0 Å². The third-order valence-electron chi connectivity index (χ3n) is 5.96. The number of carboxylic acid groups (broad SMARTS) is 1. The van der Waals surface area contributed by atoms with Gasteiger partial charge in [0.25, 0.3) is 0 Å². The normalized spacial score (nSPS) is 13.5. The first-order valence-electron chi connectivity index (χ1n) is 13.7. The fraction of sp³-hybridized carbons (Fsp3) is 0.821. The van der Waals surface area contributed by atoms with E-state index in [0.29, 0.717) is 6.42 Å². The third-order valence-corrected chi connectivity index (χ3v) is 5.96. The van der Waals surface area contributed by atoms with Crippen molar-refractivity contribution < 1.29 is 38.2 Å². The van der Waals surface area contributed by atoms with Crippen molar-refractivity contribution in [2.75, 3.05) is 41.0 Å². The second-order valence-corrected chi connectivity index (χ2v) is 10.2. The molecule has 8 nitrogen and oxygen atoms in total. The Kier molecular flexibility index (Phi) is 20.0. The van der Waals surface area contributed by atoms with Gasteiger partial charge in [-0.2, -0.15) is 0 Å². The molecule has 0 radical (unpaired) electrons. The van der Waals surface area contributed by atoms with E-state index in [1.54, 1.807) is 28.1 Å². The van der Waals surface area contributed by atoms with Crippen LogP contribution in [0, 0.1) is 0 Å². The fourth-order valence-corrected chi connectivity index (χ4v) is 3.69. The molecule has 0 bridgehead atoms. The number of nitrogens with zero attached hydrogens (tertiary/aromatic N) is 1. The summed E-state index contributed by atoms with van der Waals surface area (Å²) in [6.45, 7) is 4.02. The van der Waals surface area contributed by atoms with Gasteiger partial charge in [-0.3, -0.25) is 9.59 Å². The number of carbonyl (C=O) groups is 3. The smallest absolute Gasteiger partial charge is 0.306 e. The van der Waals surface area contributed by atoms with Crippen LogP contribution in [0.15, 0.2) is 12.2 Å². The van der Waals surface area contributed by atoms with Crippen molar-refractivity contribution in [2.45, 2.75) is 109 Å². The molecule has 2 atom stereocenters. The van der Waals surface area contributed by atoms with Crippen LogP contribution in [0.1, 0.15) is 97.3 Å². The van der Waals surface area contributed by atoms with Crippen molar-refractivity contribution in [3.8, 4) is 0 Å². The summed E-state index contributed by atoms with van der Waals surface area (Å²) in [7, 11) is 5.34. The minimum atomic E-state index is -1.13. The van der Waals surface area contributed by atoms with Gasteiger partial charge in [-0.05, 0) is 32.1 Å². The van der Waals surface area contributed by atoms with Crippen LogP contribution in [-0.2, 0) is 28.6 Å². The number of quaternary nitrogens is 1. The van der Waals surface area contributed by atoms with Crippen molar-refractivity contribution >= 4 is 17.9 Å². The Balaban J connectivity index is 4.23. The largest absolute Gasteiger partial charge is 0.544 e. The molecule has 0 saturated heterocycles. The minimum absolute atomic E-state index is 0.0333. The van der Waals surface area contributed by atoms with Gasteiger partial charge in [0.2, 0.25) is 0 Å². The maximum absolute atomic E-state index is 12.3. The highest BCUT2D eigenvalue weighted by Gasteiger charge is 2.25. The third kappa shape index (κ3) is 19.3. The summed E-state index contributed by atoms with van der Waals surface area (Å²) in [5.41, 5.74) is 0. The van der Waals surface area contributed by atoms with E-state index in [1.165, 1.54) is 32.1 Å². The van der Waals surface area contributed by atoms with Crippen LogP contribution < -0.4 is 5.11 Å². The minimum Gasteiger partial charge on any atom is -0.544 e. The number of esters is 2. The SMILES string of the molecule is CCCCC/C=C\CCCCCCCC(=O)OC(COCCC(C(=O)[O-])[N+](C)(C)C)COC(=O)CC. The Morgan fingerprint density at radius 1 is 0.833 bits per heavy atom. The standard InChI is InChI=1S/C28H51NO7/c1-6-8-9-10-11-12-13-14-15-16-17-18-19-27(31)36-24(23-35-26(30)7-2)22-34-21-20-25(28(32)33)29(3,4)5/h11-12,24-25H,6-10,13-23H2,1-5H3/b12-11-. The maximum atomic E-state index is 12.3. The lowest BCUT2D eigenvalue weighted by atomic mass is 10.1. The number of likely N-dealkylation sites (N-methyl/N-ethyl adjacent to an activating group) is 1. The quantitative estimate of drug-likeness (QED) is 0.0882. The zero-order chi connectivity index (χ0) is 27.2. The molecule has 8 heteroatoms. The molecule has 0 saturated carbocycles. The van der Waals surface area contributed by atoms with E-state index in [9.17, 15) is 19.5 Å². The lowest BCUT2D eigenvalue weighted by Gasteiger charge is -2.34. The summed E-state index contributed by atoms with van der Waals surface area (Å²) in [5, 5.41) is 11.4. The molecular weight excluding hydrogens is 462 g/mol. The molecule has 0 aromatic heterocycles. The summed E-state index contributed by atoms with van der Waals surface area (Å²) in [6, 6.07) is -0.717. The lowest BCUT2D eigenvalue weighted by Crippen LogP contribution is -2.55. The zero-order valence-corrected chi connectivity index (χ0v) is 23.4. The second-order valence-electron chi connectivity index (χ2n) is 10.2. The summed E-state index contributed by atoms with van der Waals surface area (Å²) in [6.07, 6.45) is 15.9. The van der Waals surface area contributed by atoms with Gasteiger partial charge in [-0.25, -0.2) is 0 Å². The van der Waals surface area contributed by atoms with Crippen LogP contribution in [0.3, 0.4) is 0 Å². The van der Waals surface area contributed by atoms with Gasteiger partial charge < -0.3 is 28.6 Å². The number of hydrogen-bond acceptors (Lipinski definition) is 7. The molecule has 0 aromatic rings. The summed E-state index contributed by atoms with van der Waals surface area (Å²) < 4.78 is 16.4. The molecule has 2 unspecified atom stereocenters. The molecule has 0 N–H and O–H groups in total. The van der Waals surface area contributed by atoms with Gasteiger partial charge in [-0.15, -0.1) is 0 Å². The Morgan fingerprint density at radius 2 is 1.44 bits per heavy atom. The number of ether oxygens (including phenoxy) is 3. The topological polar surface area (TPSA) is 102 Å². The Labute approximate surface area is 218 Å². The van der Waals surface area contributed by atoms with Crippen molar-refractivity contribution in [1.29, 1.82) is 0 Å². The van der Waals surface area contributed by atoms with Crippen LogP contribution in [0.25, 0.3) is 0 Å². The Hall–Kier alpha value is -1.93. The van der Waals surface area contributed by atoms with Crippen molar-refractivity contribution in [2.24, 2.45) is 0 Å². The first kappa shape index (κ1) is 34.1. The number of unbranched alkanes of at least 4 members (excludes halogenated alkanes) is 8. The average Bonchev–Trinajstić information content (AvgIpc) is 2.81. The van der Waals surface area contributed by atoms with E-state index in [4.69, 9.17) is 14.2 Å². The number of hydrogen-bond donors (Lipinski definition) is 0. The predicted molar refractivity (Wildman–Crippen MR) is 139 cm³/mol. The molecule has 210 valence electrons. The number of allylic oxidation sites excluding steroid dienone is 2. The van der Waals surface area contributed by atoms with Gasteiger partial charge in [0.15, 0.2) is 6.10 Å². The van der Waals surface area contributed by atoms with Crippen LogP contribution in [0.5, 0.6) is 0 Å². The molecule has 0 spiro atoms. The zero-order valence-electron chi connectivity index (χ0n) is 23.4. The van der Waals surface area contributed by atoms with Gasteiger partial charge in [-0.1, -0.05) is 58.1 Å². The fourth-order valence-electron chi connectivity index (χ4n) is 3.69. The van der Waals surface area contributed by atoms with Crippen LogP contribution >= 0.6 is 0 Å². The van der Waals surface area contributed by atoms with E-state index in [-0.39, 0.29) is 49.1 Å².